The highest BCUT2D eigenvalue weighted by Crippen LogP contribution is 2.30. The number of halogens is 1. The molecule has 1 aliphatic rings. The quantitative estimate of drug-likeness (QED) is 0.770. The maximum absolute atomic E-state index is 13.8. The Morgan fingerprint density at radius 2 is 2.24 bits per heavy atom. The lowest BCUT2D eigenvalue weighted by molar-refractivity contribution is 0.579. The van der Waals surface area contributed by atoms with Crippen LogP contribution in [0.1, 0.15) is 38.7 Å². The van der Waals surface area contributed by atoms with Crippen LogP contribution in [0.15, 0.2) is 23.1 Å². The lowest BCUT2D eigenvalue weighted by atomic mass is 10.2. The van der Waals surface area contributed by atoms with Crippen LogP contribution in [0.2, 0.25) is 0 Å². The van der Waals surface area contributed by atoms with Crippen LogP contribution in [0.4, 0.5) is 4.39 Å². The van der Waals surface area contributed by atoms with Gasteiger partial charge in [0.2, 0.25) is 0 Å². The first kappa shape index (κ1) is 12.9. The minimum atomic E-state index is -0.0774. The van der Waals surface area contributed by atoms with Gasteiger partial charge in [0.1, 0.15) is 5.82 Å². The summed E-state index contributed by atoms with van der Waals surface area (Å²) >= 11 is 1.78. The normalized spacial score (nSPS) is 17.1. The van der Waals surface area contributed by atoms with Gasteiger partial charge in [0, 0.05) is 28.3 Å². The molecule has 1 atom stereocenters. The SMILES string of the molecule is CCC(C)Sc1cccc(F)c1CNC1CC1. The minimum Gasteiger partial charge on any atom is -0.310 e. The van der Waals surface area contributed by atoms with Crippen molar-refractivity contribution in [1.82, 2.24) is 5.32 Å². The summed E-state index contributed by atoms with van der Waals surface area (Å²) in [5, 5.41) is 3.93. The maximum atomic E-state index is 13.8. The maximum Gasteiger partial charge on any atom is 0.128 e. The monoisotopic (exact) mass is 253 g/mol. The van der Waals surface area contributed by atoms with E-state index in [-0.39, 0.29) is 5.82 Å². The molecule has 0 amide bonds. The van der Waals surface area contributed by atoms with Gasteiger partial charge in [0.15, 0.2) is 0 Å². The molecule has 1 fully saturated rings. The Morgan fingerprint density at radius 1 is 1.47 bits per heavy atom. The van der Waals surface area contributed by atoms with Crippen molar-refractivity contribution in [3.8, 4) is 0 Å². The van der Waals surface area contributed by atoms with Gasteiger partial charge < -0.3 is 5.32 Å². The third kappa shape index (κ3) is 3.71. The van der Waals surface area contributed by atoms with E-state index in [2.05, 4.69) is 19.2 Å². The van der Waals surface area contributed by atoms with Gasteiger partial charge in [-0.2, -0.15) is 0 Å². The fourth-order valence-electron chi connectivity index (χ4n) is 1.65. The van der Waals surface area contributed by atoms with Crippen LogP contribution in [0.5, 0.6) is 0 Å². The smallest absolute Gasteiger partial charge is 0.128 e. The number of nitrogens with one attached hydrogen (secondary N) is 1. The number of rotatable bonds is 6. The zero-order chi connectivity index (χ0) is 12.3. The lowest BCUT2D eigenvalue weighted by Gasteiger charge is -2.14. The highest BCUT2D eigenvalue weighted by molar-refractivity contribution is 8.00. The van der Waals surface area contributed by atoms with Crippen molar-refractivity contribution in [2.45, 2.75) is 55.8 Å². The van der Waals surface area contributed by atoms with E-state index in [1.807, 2.05) is 6.07 Å². The molecule has 1 aromatic carbocycles. The van der Waals surface area contributed by atoms with Crippen molar-refractivity contribution in [2.75, 3.05) is 0 Å². The predicted molar refractivity (Wildman–Crippen MR) is 71.9 cm³/mol. The van der Waals surface area contributed by atoms with Crippen molar-refractivity contribution in [1.29, 1.82) is 0 Å². The Kier molecular flexibility index (Phi) is 4.46. The molecule has 0 radical (unpaired) electrons. The molecule has 0 heterocycles. The number of thioether (sulfide) groups is 1. The summed E-state index contributed by atoms with van der Waals surface area (Å²) in [7, 11) is 0. The summed E-state index contributed by atoms with van der Waals surface area (Å²) in [6.07, 6.45) is 3.58. The van der Waals surface area contributed by atoms with Crippen LogP contribution in [-0.2, 0) is 6.54 Å². The van der Waals surface area contributed by atoms with Gasteiger partial charge in [-0.3, -0.25) is 0 Å². The summed E-state index contributed by atoms with van der Waals surface area (Å²) in [4.78, 5) is 1.09. The molecule has 0 bridgehead atoms. The molecule has 0 aliphatic heterocycles. The van der Waals surface area contributed by atoms with E-state index in [9.17, 15) is 4.39 Å². The number of hydrogen-bond acceptors (Lipinski definition) is 2. The summed E-state index contributed by atoms with van der Waals surface area (Å²) in [5.41, 5.74) is 0.838. The summed E-state index contributed by atoms with van der Waals surface area (Å²) in [5.74, 6) is -0.0774. The molecule has 2 rings (SSSR count). The van der Waals surface area contributed by atoms with Gasteiger partial charge in [-0.05, 0) is 31.4 Å². The Balaban J connectivity index is 2.08. The molecule has 1 aliphatic carbocycles. The predicted octanol–water partition coefficient (Wildman–Crippen LogP) is 3.97. The number of benzene rings is 1. The molecule has 94 valence electrons. The van der Waals surface area contributed by atoms with Crippen LogP contribution in [0, 0.1) is 5.82 Å². The van der Waals surface area contributed by atoms with Gasteiger partial charge in [-0.1, -0.05) is 19.9 Å². The summed E-state index contributed by atoms with van der Waals surface area (Å²) in [6, 6.07) is 6.02. The first-order valence-electron chi connectivity index (χ1n) is 6.38. The van der Waals surface area contributed by atoms with Crippen molar-refractivity contribution < 1.29 is 4.39 Å². The third-order valence-electron chi connectivity index (χ3n) is 3.12. The van der Waals surface area contributed by atoms with Crippen LogP contribution in [0.25, 0.3) is 0 Å². The lowest BCUT2D eigenvalue weighted by Crippen LogP contribution is -2.17. The largest absolute Gasteiger partial charge is 0.310 e. The van der Waals surface area contributed by atoms with Crippen molar-refractivity contribution in [3.63, 3.8) is 0 Å². The zero-order valence-corrected chi connectivity index (χ0v) is 11.3. The van der Waals surface area contributed by atoms with E-state index in [1.165, 1.54) is 12.8 Å². The Hall–Kier alpha value is -0.540. The van der Waals surface area contributed by atoms with E-state index >= 15 is 0 Å². The third-order valence-corrected chi connectivity index (χ3v) is 4.50. The van der Waals surface area contributed by atoms with E-state index in [0.717, 1.165) is 16.9 Å². The van der Waals surface area contributed by atoms with E-state index in [0.29, 0.717) is 17.8 Å². The van der Waals surface area contributed by atoms with Gasteiger partial charge in [-0.15, -0.1) is 11.8 Å². The molecule has 1 unspecified atom stereocenters. The molecular formula is C14H20FNS. The standard InChI is InChI=1S/C14H20FNS/c1-3-10(2)17-14-6-4-5-13(15)12(14)9-16-11-7-8-11/h4-6,10-11,16H,3,7-9H2,1-2H3. The fraction of sp³-hybridized carbons (Fsp3) is 0.571. The van der Waals surface area contributed by atoms with Crippen molar-refractivity contribution in [2.24, 2.45) is 0 Å². The van der Waals surface area contributed by atoms with Crippen LogP contribution >= 0.6 is 11.8 Å². The average molecular weight is 253 g/mol. The second kappa shape index (κ2) is 5.87. The Labute approximate surface area is 107 Å². The summed E-state index contributed by atoms with van der Waals surface area (Å²) in [6.45, 7) is 5.02. The van der Waals surface area contributed by atoms with Crippen molar-refractivity contribution >= 4 is 11.8 Å². The van der Waals surface area contributed by atoms with Crippen LogP contribution < -0.4 is 5.32 Å². The van der Waals surface area contributed by atoms with Crippen molar-refractivity contribution in [3.05, 3.63) is 29.6 Å². The number of hydrogen-bond donors (Lipinski definition) is 1. The fourth-order valence-corrected chi connectivity index (χ4v) is 2.72. The molecule has 0 aromatic heterocycles. The van der Waals surface area contributed by atoms with Gasteiger partial charge >= 0.3 is 0 Å². The second-order valence-corrected chi connectivity index (χ2v) is 6.19. The first-order valence-corrected chi connectivity index (χ1v) is 7.26. The molecule has 0 spiro atoms. The Morgan fingerprint density at radius 3 is 2.88 bits per heavy atom. The van der Waals surface area contributed by atoms with Crippen LogP contribution in [0.3, 0.4) is 0 Å². The van der Waals surface area contributed by atoms with E-state index < -0.39 is 0 Å². The van der Waals surface area contributed by atoms with Gasteiger partial charge in [-0.25, -0.2) is 4.39 Å². The summed E-state index contributed by atoms with van der Waals surface area (Å²) < 4.78 is 13.8. The van der Waals surface area contributed by atoms with Crippen LogP contribution in [-0.4, -0.2) is 11.3 Å². The second-order valence-electron chi connectivity index (χ2n) is 4.71. The minimum absolute atomic E-state index is 0.0774. The zero-order valence-electron chi connectivity index (χ0n) is 10.5. The molecule has 0 saturated heterocycles. The van der Waals surface area contributed by atoms with Gasteiger partial charge in [0.05, 0.1) is 0 Å². The highest BCUT2D eigenvalue weighted by atomic mass is 32.2. The molecular weight excluding hydrogens is 233 g/mol. The van der Waals surface area contributed by atoms with E-state index in [1.54, 1.807) is 23.9 Å². The molecule has 1 N–H and O–H groups in total. The molecule has 1 nitrogen and oxygen atoms in total. The highest BCUT2D eigenvalue weighted by Gasteiger charge is 2.21. The topological polar surface area (TPSA) is 12.0 Å². The van der Waals surface area contributed by atoms with E-state index in [4.69, 9.17) is 0 Å². The first-order chi connectivity index (χ1) is 8.20. The Bertz CT molecular complexity index is 376. The molecule has 17 heavy (non-hydrogen) atoms. The average Bonchev–Trinajstić information content (AvgIpc) is 3.12. The van der Waals surface area contributed by atoms with Gasteiger partial charge in [0.25, 0.3) is 0 Å². The molecule has 1 aromatic rings. The molecule has 1 saturated carbocycles. The molecule has 3 heteroatoms.